The molecule has 2 aromatic rings. The number of hydrogen-bond donors (Lipinski definition) is 0. The number of para-hydroxylation sites is 1. The molecule has 0 amide bonds. The van der Waals surface area contributed by atoms with Gasteiger partial charge in [-0.15, -0.1) is 0 Å². The van der Waals surface area contributed by atoms with E-state index in [1.54, 1.807) is 0 Å². The Morgan fingerprint density at radius 3 is 2.52 bits per heavy atom. The van der Waals surface area contributed by atoms with E-state index < -0.39 is 5.41 Å². The van der Waals surface area contributed by atoms with Gasteiger partial charge in [0.1, 0.15) is 18.2 Å². The van der Waals surface area contributed by atoms with Crippen LogP contribution in [0.1, 0.15) is 43.7 Å². The third kappa shape index (κ3) is 3.56. The van der Waals surface area contributed by atoms with E-state index in [-0.39, 0.29) is 17.8 Å². The maximum Gasteiger partial charge on any atom is 0.312 e. The highest BCUT2D eigenvalue weighted by Gasteiger charge is 2.40. The zero-order valence-electron chi connectivity index (χ0n) is 15.9. The highest BCUT2D eigenvalue weighted by atomic mass is 35.5. The summed E-state index contributed by atoms with van der Waals surface area (Å²) in [5.41, 5.74) is 1.82. The maximum absolute atomic E-state index is 12.1. The number of benzene rings is 2. The summed E-state index contributed by atoms with van der Waals surface area (Å²) >= 11 is 6.28. The highest BCUT2D eigenvalue weighted by Crippen LogP contribution is 2.50. The molecule has 0 bridgehead atoms. The second kappa shape index (κ2) is 6.84. The second-order valence-corrected chi connectivity index (χ2v) is 8.82. The van der Waals surface area contributed by atoms with Crippen molar-refractivity contribution in [3.63, 3.8) is 0 Å². The number of fused-ring (bicyclic) bond motifs is 5. The second-order valence-electron chi connectivity index (χ2n) is 8.38. The van der Waals surface area contributed by atoms with Crippen LogP contribution in [-0.4, -0.2) is 30.7 Å². The molecule has 0 aliphatic carbocycles. The van der Waals surface area contributed by atoms with E-state index in [2.05, 4.69) is 11.0 Å². The summed E-state index contributed by atoms with van der Waals surface area (Å²) in [5, 5.41) is 0.708. The standard InChI is InChI=1S/C22H24ClNO3/c1-22(2,3)21(25)26-13-24-11-17-15-6-4-5-7-19(15)27-20-9-8-14(23)10-16(20)18(17)12-24/h4-10,17-18H,11-13H2,1-3H3. The Morgan fingerprint density at radius 1 is 1.11 bits per heavy atom. The highest BCUT2D eigenvalue weighted by molar-refractivity contribution is 6.30. The lowest BCUT2D eigenvalue weighted by molar-refractivity contribution is -0.157. The summed E-state index contributed by atoms with van der Waals surface area (Å²) in [5.74, 6) is 2.08. The molecule has 142 valence electrons. The van der Waals surface area contributed by atoms with Gasteiger partial charge in [0.2, 0.25) is 0 Å². The third-order valence-corrected chi connectivity index (χ3v) is 5.53. The number of ether oxygens (including phenoxy) is 2. The Labute approximate surface area is 165 Å². The van der Waals surface area contributed by atoms with Crippen LogP contribution in [0.4, 0.5) is 0 Å². The van der Waals surface area contributed by atoms with Gasteiger partial charge in [-0.2, -0.15) is 0 Å². The summed E-state index contributed by atoms with van der Waals surface area (Å²) in [6, 6.07) is 14.0. The minimum atomic E-state index is -0.496. The minimum absolute atomic E-state index is 0.179. The van der Waals surface area contributed by atoms with E-state index in [0.717, 1.165) is 30.2 Å². The molecule has 0 N–H and O–H groups in total. The van der Waals surface area contributed by atoms with Crippen molar-refractivity contribution in [2.45, 2.75) is 32.6 Å². The number of likely N-dealkylation sites (tertiary alicyclic amines) is 1. The molecule has 2 unspecified atom stereocenters. The van der Waals surface area contributed by atoms with E-state index in [1.807, 2.05) is 57.2 Å². The predicted octanol–water partition coefficient (Wildman–Crippen LogP) is 5.18. The van der Waals surface area contributed by atoms with Gasteiger partial charge in [-0.1, -0.05) is 29.8 Å². The van der Waals surface area contributed by atoms with Gasteiger partial charge < -0.3 is 9.47 Å². The van der Waals surface area contributed by atoms with Gasteiger partial charge in [-0.25, -0.2) is 0 Å². The number of rotatable bonds is 2. The van der Waals surface area contributed by atoms with Crippen LogP contribution in [0.3, 0.4) is 0 Å². The Bertz CT molecular complexity index is 874. The lowest BCUT2D eigenvalue weighted by atomic mass is 9.84. The van der Waals surface area contributed by atoms with Gasteiger partial charge in [-0.05, 0) is 50.6 Å². The van der Waals surface area contributed by atoms with Crippen LogP contribution in [0.5, 0.6) is 11.5 Å². The molecule has 4 nitrogen and oxygen atoms in total. The average molecular weight is 386 g/mol. The van der Waals surface area contributed by atoms with Crippen LogP contribution < -0.4 is 4.74 Å². The third-order valence-electron chi connectivity index (χ3n) is 5.30. The Hall–Kier alpha value is -2.04. The first-order valence-corrected chi connectivity index (χ1v) is 9.66. The monoisotopic (exact) mass is 385 g/mol. The molecule has 1 fully saturated rings. The van der Waals surface area contributed by atoms with Crippen molar-refractivity contribution in [3.8, 4) is 11.5 Å². The number of carbonyl (C=O) groups is 1. The van der Waals surface area contributed by atoms with Crippen molar-refractivity contribution < 1.29 is 14.3 Å². The molecule has 27 heavy (non-hydrogen) atoms. The SMILES string of the molecule is CC(C)(C)C(=O)OCN1CC2c3ccccc3Oc3ccc(Cl)cc3C2C1. The van der Waals surface area contributed by atoms with E-state index >= 15 is 0 Å². The molecule has 2 aliphatic heterocycles. The van der Waals surface area contributed by atoms with Crippen LogP contribution in [0.2, 0.25) is 5.02 Å². The van der Waals surface area contributed by atoms with Gasteiger partial charge >= 0.3 is 5.97 Å². The largest absolute Gasteiger partial charge is 0.457 e. The zero-order valence-corrected chi connectivity index (χ0v) is 16.6. The molecule has 2 aliphatic rings. The molecule has 0 spiro atoms. The Balaban J connectivity index is 1.63. The molecule has 0 aromatic heterocycles. The fourth-order valence-electron chi connectivity index (χ4n) is 3.89. The molecule has 0 radical (unpaired) electrons. The number of carbonyl (C=O) groups excluding carboxylic acids is 1. The zero-order chi connectivity index (χ0) is 19.2. The number of halogens is 1. The van der Waals surface area contributed by atoms with E-state index in [4.69, 9.17) is 21.1 Å². The first kappa shape index (κ1) is 18.3. The van der Waals surface area contributed by atoms with Crippen LogP contribution in [-0.2, 0) is 9.53 Å². The Morgan fingerprint density at radius 2 is 1.78 bits per heavy atom. The molecule has 2 aromatic carbocycles. The average Bonchev–Trinajstić information content (AvgIpc) is 2.99. The first-order chi connectivity index (χ1) is 12.8. The molecule has 2 heterocycles. The van der Waals surface area contributed by atoms with Crippen molar-refractivity contribution in [2.24, 2.45) is 5.41 Å². The number of hydrogen-bond acceptors (Lipinski definition) is 4. The van der Waals surface area contributed by atoms with Crippen molar-refractivity contribution in [1.29, 1.82) is 0 Å². The van der Waals surface area contributed by atoms with Crippen LogP contribution in [0.15, 0.2) is 42.5 Å². The fraction of sp³-hybridized carbons (Fsp3) is 0.409. The summed E-state index contributed by atoms with van der Waals surface area (Å²) in [6.07, 6.45) is 0. The van der Waals surface area contributed by atoms with Gasteiger partial charge in [0.15, 0.2) is 0 Å². The Kier molecular flexibility index (Phi) is 4.65. The summed E-state index contributed by atoms with van der Waals surface area (Å²) in [6.45, 7) is 7.53. The topological polar surface area (TPSA) is 38.8 Å². The van der Waals surface area contributed by atoms with Crippen LogP contribution in [0.25, 0.3) is 0 Å². The summed E-state index contributed by atoms with van der Waals surface area (Å²) < 4.78 is 11.8. The predicted molar refractivity (Wildman–Crippen MR) is 105 cm³/mol. The van der Waals surface area contributed by atoms with Crippen molar-refractivity contribution in [2.75, 3.05) is 19.8 Å². The van der Waals surface area contributed by atoms with Gasteiger partial charge in [0.05, 0.1) is 5.41 Å². The quantitative estimate of drug-likeness (QED) is 0.668. The summed E-state index contributed by atoms with van der Waals surface area (Å²) in [4.78, 5) is 14.3. The van der Waals surface area contributed by atoms with Crippen LogP contribution >= 0.6 is 11.6 Å². The smallest absolute Gasteiger partial charge is 0.312 e. The number of nitrogens with zero attached hydrogens (tertiary/aromatic N) is 1. The lowest BCUT2D eigenvalue weighted by Crippen LogP contribution is -2.30. The van der Waals surface area contributed by atoms with Crippen molar-refractivity contribution in [3.05, 3.63) is 58.6 Å². The first-order valence-electron chi connectivity index (χ1n) is 9.29. The molecule has 4 rings (SSSR count). The molecule has 2 atom stereocenters. The van der Waals surface area contributed by atoms with Gasteiger partial charge in [0, 0.05) is 35.5 Å². The van der Waals surface area contributed by atoms with Crippen LogP contribution in [0, 0.1) is 5.41 Å². The lowest BCUT2D eigenvalue weighted by Gasteiger charge is -2.21. The molecule has 0 saturated carbocycles. The summed E-state index contributed by atoms with van der Waals surface area (Å²) in [7, 11) is 0. The van der Waals surface area contributed by atoms with Crippen molar-refractivity contribution >= 4 is 17.6 Å². The minimum Gasteiger partial charge on any atom is -0.457 e. The van der Waals surface area contributed by atoms with Gasteiger partial charge in [0.25, 0.3) is 0 Å². The fourth-order valence-corrected chi connectivity index (χ4v) is 4.07. The normalized spacial score (nSPS) is 21.5. The molecule has 1 saturated heterocycles. The van der Waals surface area contributed by atoms with E-state index in [0.29, 0.717) is 11.8 Å². The van der Waals surface area contributed by atoms with Gasteiger partial charge in [-0.3, -0.25) is 9.69 Å². The molecular formula is C22H24ClNO3. The molecule has 5 heteroatoms. The van der Waals surface area contributed by atoms with Crippen molar-refractivity contribution in [1.82, 2.24) is 4.90 Å². The number of esters is 1. The van der Waals surface area contributed by atoms with E-state index in [9.17, 15) is 4.79 Å². The van der Waals surface area contributed by atoms with E-state index in [1.165, 1.54) is 5.56 Å². The molecular weight excluding hydrogens is 362 g/mol. The maximum atomic E-state index is 12.1.